The highest BCUT2D eigenvalue weighted by Crippen LogP contribution is 2.14. The van der Waals surface area contributed by atoms with E-state index in [0.717, 1.165) is 43.0 Å². The van der Waals surface area contributed by atoms with Crippen molar-refractivity contribution in [3.05, 3.63) is 39.8 Å². The average molecular weight is 388 g/mol. The quantitative estimate of drug-likeness (QED) is 0.713. The lowest BCUT2D eigenvalue weighted by atomic mass is 10.1. The summed E-state index contributed by atoms with van der Waals surface area (Å²) in [6.07, 6.45) is 4.77. The topological polar surface area (TPSA) is 87.2 Å². The van der Waals surface area contributed by atoms with Crippen molar-refractivity contribution in [1.82, 2.24) is 20.4 Å². The minimum Gasteiger partial charge on any atom is -0.350 e. The number of benzene rings is 1. The molecule has 2 heterocycles. The maximum absolute atomic E-state index is 12.2. The van der Waals surface area contributed by atoms with Crippen LogP contribution in [0.5, 0.6) is 0 Å². The van der Waals surface area contributed by atoms with Crippen LogP contribution in [0.15, 0.2) is 24.3 Å². The van der Waals surface area contributed by atoms with E-state index in [0.29, 0.717) is 12.2 Å². The van der Waals surface area contributed by atoms with Crippen LogP contribution in [-0.4, -0.2) is 53.1 Å². The van der Waals surface area contributed by atoms with E-state index in [4.69, 9.17) is 0 Å². The van der Waals surface area contributed by atoms with Gasteiger partial charge in [-0.2, -0.15) is 0 Å². The SMILES string of the molecule is Cc1ccc(NC(=O)c2nnc(C(=O)NCCCN3CCCCC3)s2)cc1. The van der Waals surface area contributed by atoms with Gasteiger partial charge in [0.25, 0.3) is 11.8 Å². The van der Waals surface area contributed by atoms with Gasteiger partial charge >= 0.3 is 0 Å². The van der Waals surface area contributed by atoms with Crippen LogP contribution in [0.2, 0.25) is 0 Å². The van der Waals surface area contributed by atoms with Crippen LogP contribution < -0.4 is 10.6 Å². The Balaban J connectivity index is 1.43. The van der Waals surface area contributed by atoms with E-state index in [1.807, 2.05) is 31.2 Å². The zero-order valence-electron chi connectivity index (χ0n) is 15.5. The molecule has 27 heavy (non-hydrogen) atoms. The maximum atomic E-state index is 12.2. The monoisotopic (exact) mass is 387 g/mol. The van der Waals surface area contributed by atoms with Crippen molar-refractivity contribution in [3.63, 3.8) is 0 Å². The molecule has 2 amide bonds. The third-order valence-electron chi connectivity index (χ3n) is 4.51. The van der Waals surface area contributed by atoms with Gasteiger partial charge in [0.15, 0.2) is 0 Å². The first kappa shape index (κ1) is 19.4. The molecule has 0 radical (unpaired) electrons. The molecule has 3 rings (SSSR count). The number of aryl methyl sites for hydroxylation is 1. The van der Waals surface area contributed by atoms with Gasteiger partial charge in [-0.1, -0.05) is 35.5 Å². The molecule has 1 aliphatic rings. The second kappa shape index (κ2) is 9.57. The molecule has 7 nitrogen and oxygen atoms in total. The molecule has 0 bridgehead atoms. The molecule has 0 unspecified atom stereocenters. The predicted molar refractivity (Wildman–Crippen MR) is 106 cm³/mol. The number of amides is 2. The summed E-state index contributed by atoms with van der Waals surface area (Å²) in [6.45, 7) is 5.89. The van der Waals surface area contributed by atoms with Gasteiger partial charge in [0.05, 0.1) is 0 Å². The van der Waals surface area contributed by atoms with Crippen LogP contribution in [0.3, 0.4) is 0 Å². The number of aromatic nitrogens is 2. The highest BCUT2D eigenvalue weighted by atomic mass is 32.1. The number of nitrogens with one attached hydrogen (secondary N) is 2. The lowest BCUT2D eigenvalue weighted by molar-refractivity contribution is 0.0948. The van der Waals surface area contributed by atoms with Gasteiger partial charge in [-0.3, -0.25) is 9.59 Å². The number of anilines is 1. The van der Waals surface area contributed by atoms with Gasteiger partial charge in [0.1, 0.15) is 0 Å². The summed E-state index contributed by atoms with van der Waals surface area (Å²) < 4.78 is 0. The number of likely N-dealkylation sites (tertiary alicyclic amines) is 1. The van der Waals surface area contributed by atoms with Crippen molar-refractivity contribution in [3.8, 4) is 0 Å². The molecule has 2 N–H and O–H groups in total. The summed E-state index contributed by atoms with van der Waals surface area (Å²) in [6, 6.07) is 7.48. The highest BCUT2D eigenvalue weighted by molar-refractivity contribution is 7.15. The number of piperidine rings is 1. The molecule has 8 heteroatoms. The molecule has 1 aromatic carbocycles. The zero-order chi connectivity index (χ0) is 19.1. The highest BCUT2D eigenvalue weighted by Gasteiger charge is 2.17. The number of carbonyl (C=O) groups is 2. The standard InChI is InChI=1S/C19H25N5O2S/c1-14-6-8-15(9-7-14)21-17(26)19-23-22-18(27-19)16(25)20-10-5-13-24-11-3-2-4-12-24/h6-9H,2-5,10-13H2,1H3,(H,20,25)(H,21,26). The van der Waals surface area contributed by atoms with E-state index in [2.05, 4.69) is 25.7 Å². The molecule has 0 spiro atoms. The Hall–Kier alpha value is -2.32. The van der Waals surface area contributed by atoms with Gasteiger partial charge in [0, 0.05) is 12.2 Å². The van der Waals surface area contributed by atoms with Crippen LogP contribution in [0.4, 0.5) is 5.69 Å². The number of nitrogens with zero attached hydrogens (tertiary/aromatic N) is 3. The molecular weight excluding hydrogens is 362 g/mol. The number of rotatable bonds is 7. The summed E-state index contributed by atoms with van der Waals surface area (Å²) in [7, 11) is 0. The lowest BCUT2D eigenvalue weighted by Gasteiger charge is -2.26. The molecule has 1 aliphatic heterocycles. The molecule has 0 saturated carbocycles. The number of hydrogen-bond donors (Lipinski definition) is 2. The maximum Gasteiger partial charge on any atom is 0.286 e. The summed E-state index contributed by atoms with van der Waals surface area (Å²) in [5.74, 6) is -0.638. The van der Waals surface area contributed by atoms with E-state index in [1.54, 1.807) is 0 Å². The Morgan fingerprint density at radius 3 is 2.41 bits per heavy atom. The van der Waals surface area contributed by atoms with E-state index >= 15 is 0 Å². The summed E-state index contributed by atoms with van der Waals surface area (Å²) in [5, 5.41) is 13.7. The van der Waals surface area contributed by atoms with Crippen molar-refractivity contribution in [2.75, 3.05) is 31.5 Å². The van der Waals surface area contributed by atoms with Crippen molar-refractivity contribution in [2.45, 2.75) is 32.6 Å². The molecule has 1 aromatic heterocycles. The summed E-state index contributed by atoms with van der Waals surface area (Å²) in [5.41, 5.74) is 1.80. The van der Waals surface area contributed by atoms with E-state index in [-0.39, 0.29) is 21.8 Å². The number of hydrogen-bond acceptors (Lipinski definition) is 6. The Morgan fingerprint density at radius 1 is 1.04 bits per heavy atom. The Morgan fingerprint density at radius 2 is 1.70 bits per heavy atom. The van der Waals surface area contributed by atoms with Crippen molar-refractivity contribution < 1.29 is 9.59 Å². The van der Waals surface area contributed by atoms with Gasteiger partial charge < -0.3 is 15.5 Å². The molecule has 2 aromatic rings. The van der Waals surface area contributed by atoms with Gasteiger partial charge in [-0.05, 0) is 58.0 Å². The summed E-state index contributed by atoms with van der Waals surface area (Å²) in [4.78, 5) is 26.8. The fourth-order valence-corrected chi connectivity index (χ4v) is 3.65. The number of carbonyl (C=O) groups excluding carboxylic acids is 2. The van der Waals surface area contributed by atoms with Crippen molar-refractivity contribution >= 4 is 28.8 Å². The van der Waals surface area contributed by atoms with Gasteiger partial charge in [-0.15, -0.1) is 10.2 Å². The molecule has 1 fully saturated rings. The largest absolute Gasteiger partial charge is 0.350 e. The Bertz CT molecular complexity index is 769. The summed E-state index contributed by atoms with van der Waals surface area (Å²) >= 11 is 1.00. The zero-order valence-corrected chi connectivity index (χ0v) is 16.3. The predicted octanol–water partition coefficient (Wildman–Crippen LogP) is 2.70. The fraction of sp³-hybridized carbons (Fsp3) is 0.474. The van der Waals surface area contributed by atoms with E-state index < -0.39 is 0 Å². The fourth-order valence-electron chi connectivity index (χ4n) is 2.99. The van der Waals surface area contributed by atoms with Crippen molar-refractivity contribution in [2.24, 2.45) is 0 Å². The molecule has 144 valence electrons. The normalized spacial score (nSPS) is 14.7. The van der Waals surface area contributed by atoms with Crippen LogP contribution in [0, 0.1) is 6.92 Å². The van der Waals surface area contributed by atoms with E-state index in [1.165, 1.54) is 19.3 Å². The van der Waals surface area contributed by atoms with E-state index in [9.17, 15) is 9.59 Å². The Kier molecular flexibility index (Phi) is 6.89. The van der Waals surface area contributed by atoms with Crippen LogP contribution in [0.25, 0.3) is 0 Å². The Labute approximate surface area is 163 Å². The van der Waals surface area contributed by atoms with Gasteiger partial charge in [0.2, 0.25) is 10.0 Å². The van der Waals surface area contributed by atoms with Crippen LogP contribution in [-0.2, 0) is 0 Å². The molecule has 1 saturated heterocycles. The lowest BCUT2D eigenvalue weighted by Crippen LogP contribution is -2.33. The molecule has 0 aliphatic carbocycles. The second-order valence-electron chi connectivity index (χ2n) is 6.74. The first-order valence-corrected chi connectivity index (χ1v) is 10.2. The molecule has 0 atom stereocenters. The first-order valence-electron chi connectivity index (χ1n) is 9.34. The van der Waals surface area contributed by atoms with Gasteiger partial charge in [-0.25, -0.2) is 0 Å². The third-order valence-corrected chi connectivity index (χ3v) is 5.43. The first-order chi connectivity index (χ1) is 13.1. The minimum atomic E-state index is -0.361. The minimum absolute atomic E-state index is 0.175. The molecular formula is C19H25N5O2S. The van der Waals surface area contributed by atoms with Crippen LogP contribution >= 0.6 is 11.3 Å². The third kappa shape index (κ3) is 5.83. The van der Waals surface area contributed by atoms with Crippen LogP contribution in [0.1, 0.15) is 50.9 Å². The average Bonchev–Trinajstić information content (AvgIpc) is 3.18. The smallest absolute Gasteiger partial charge is 0.286 e. The van der Waals surface area contributed by atoms with Crippen molar-refractivity contribution in [1.29, 1.82) is 0 Å². The second-order valence-corrected chi connectivity index (χ2v) is 7.72.